The van der Waals surface area contributed by atoms with Crippen molar-refractivity contribution >= 4 is 17.6 Å². The number of anilines is 1. The van der Waals surface area contributed by atoms with Crippen LogP contribution in [0, 0.1) is 0 Å². The zero-order valence-corrected chi connectivity index (χ0v) is 11.3. The van der Waals surface area contributed by atoms with Gasteiger partial charge in [0.2, 0.25) is 0 Å². The number of hydrogen-bond donors (Lipinski definition) is 1. The number of carbonyl (C=O) groups excluding carboxylic acids is 1. The number of aliphatic carboxylic acids is 1. The van der Waals surface area contributed by atoms with Crippen molar-refractivity contribution in [1.82, 2.24) is 9.88 Å². The highest BCUT2D eigenvalue weighted by molar-refractivity contribution is 5.88. The summed E-state index contributed by atoms with van der Waals surface area (Å²) in [6.07, 6.45) is 1.57. The molecule has 1 saturated heterocycles. The summed E-state index contributed by atoms with van der Waals surface area (Å²) in [6, 6.07) is 3.53. The van der Waals surface area contributed by atoms with Crippen LogP contribution in [0.3, 0.4) is 0 Å². The highest BCUT2D eigenvalue weighted by Gasteiger charge is 2.19. The van der Waals surface area contributed by atoms with Crippen LogP contribution in [0.2, 0.25) is 0 Å². The van der Waals surface area contributed by atoms with Crippen LogP contribution in [0.15, 0.2) is 18.3 Å². The van der Waals surface area contributed by atoms with E-state index in [4.69, 9.17) is 5.11 Å². The third kappa shape index (κ3) is 3.45. The topological polar surface area (TPSA) is 83.0 Å². The Labute approximate surface area is 116 Å². The zero-order valence-electron chi connectivity index (χ0n) is 11.3. The summed E-state index contributed by atoms with van der Waals surface area (Å²) in [4.78, 5) is 30.1. The minimum atomic E-state index is -0.810. The predicted octanol–water partition coefficient (Wildman–Crippen LogP) is 0.0748. The molecule has 1 aromatic rings. The molecule has 20 heavy (non-hydrogen) atoms. The average Bonchev–Trinajstić information content (AvgIpc) is 2.47. The monoisotopic (exact) mass is 279 g/mol. The Kier molecular flexibility index (Phi) is 4.52. The van der Waals surface area contributed by atoms with E-state index < -0.39 is 11.9 Å². The summed E-state index contributed by atoms with van der Waals surface area (Å²) in [5.41, 5.74) is 1.17. The summed E-state index contributed by atoms with van der Waals surface area (Å²) in [5.74, 6) is -1.27. The first kappa shape index (κ1) is 14.3. The van der Waals surface area contributed by atoms with Gasteiger partial charge >= 0.3 is 11.9 Å². The Morgan fingerprint density at radius 1 is 1.35 bits per heavy atom. The molecule has 0 spiro atoms. The normalized spacial score (nSPS) is 15.9. The van der Waals surface area contributed by atoms with Crippen molar-refractivity contribution in [3.05, 3.63) is 24.0 Å². The Morgan fingerprint density at radius 3 is 2.65 bits per heavy atom. The lowest BCUT2D eigenvalue weighted by atomic mass is 10.2. The molecular formula is C13H17N3O4. The fourth-order valence-corrected chi connectivity index (χ4v) is 2.19. The molecule has 7 heteroatoms. The van der Waals surface area contributed by atoms with E-state index in [-0.39, 0.29) is 12.2 Å². The second-order valence-electron chi connectivity index (χ2n) is 4.55. The molecule has 2 rings (SSSR count). The molecule has 1 fully saturated rings. The summed E-state index contributed by atoms with van der Waals surface area (Å²) in [7, 11) is 1.32. The van der Waals surface area contributed by atoms with Crippen molar-refractivity contribution in [2.75, 3.05) is 44.7 Å². The van der Waals surface area contributed by atoms with Crippen LogP contribution >= 0.6 is 0 Å². The lowest BCUT2D eigenvalue weighted by Gasteiger charge is -2.35. The zero-order chi connectivity index (χ0) is 14.5. The summed E-state index contributed by atoms with van der Waals surface area (Å²) in [6.45, 7) is 2.87. The number of nitrogens with zero attached hydrogens (tertiary/aromatic N) is 3. The molecule has 1 aliphatic rings. The van der Waals surface area contributed by atoms with E-state index in [0.717, 1.165) is 18.8 Å². The Morgan fingerprint density at radius 2 is 2.05 bits per heavy atom. The van der Waals surface area contributed by atoms with Gasteiger partial charge in [-0.1, -0.05) is 0 Å². The Bertz CT molecular complexity index is 498. The van der Waals surface area contributed by atoms with E-state index >= 15 is 0 Å². The number of carboxylic acid groups (broad SMARTS) is 1. The lowest BCUT2D eigenvalue weighted by Crippen LogP contribution is -2.48. The lowest BCUT2D eigenvalue weighted by molar-refractivity contribution is -0.138. The van der Waals surface area contributed by atoms with Crippen LogP contribution in [0.1, 0.15) is 10.5 Å². The minimum absolute atomic E-state index is 0.0671. The molecule has 0 bridgehead atoms. The Hall–Kier alpha value is -2.15. The van der Waals surface area contributed by atoms with Crippen LogP contribution < -0.4 is 4.90 Å². The molecule has 1 N–H and O–H groups in total. The van der Waals surface area contributed by atoms with Crippen LogP contribution in [-0.4, -0.2) is 66.8 Å². The number of hydrogen-bond acceptors (Lipinski definition) is 6. The van der Waals surface area contributed by atoms with Crippen molar-refractivity contribution < 1.29 is 19.4 Å². The van der Waals surface area contributed by atoms with Gasteiger partial charge in [0, 0.05) is 38.1 Å². The molecule has 1 aliphatic heterocycles. The van der Waals surface area contributed by atoms with Crippen molar-refractivity contribution in [1.29, 1.82) is 0 Å². The van der Waals surface area contributed by atoms with Crippen LogP contribution in [0.5, 0.6) is 0 Å². The van der Waals surface area contributed by atoms with E-state index in [9.17, 15) is 9.59 Å². The third-order valence-corrected chi connectivity index (χ3v) is 3.23. The minimum Gasteiger partial charge on any atom is -0.480 e. The number of piperazine rings is 1. The number of esters is 1. The highest BCUT2D eigenvalue weighted by atomic mass is 16.5. The van der Waals surface area contributed by atoms with Gasteiger partial charge in [0.25, 0.3) is 0 Å². The Balaban J connectivity index is 2.00. The van der Waals surface area contributed by atoms with E-state index in [2.05, 4.69) is 14.6 Å². The molecule has 0 amide bonds. The molecule has 2 heterocycles. The van der Waals surface area contributed by atoms with Gasteiger partial charge < -0.3 is 14.7 Å². The maximum Gasteiger partial charge on any atom is 0.356 e. The fourth-order valence-electron chi connectivity index (χ4n) is 2.19. The second kappa shape index (κ2) is 6.33. The second-order valence-corrected chi connectivity index (χ2v) is 4.55. The van der Waals surface area contributed by atoms with Crippen molar-refractivity contribution in [2.24, 2.45) is 0 Å². The summed E-state index contributed by atoms with van der Waals surface area (Å²) in [5, 5.41) is 8.76. The van der Waals surface area contributed by atoms with E-state index in [1.165, 1.54) is 7.11 Å². The molecular weight excluding hydrogens is 262 g/mol. The van der Waals surface area contributed by atoms with Crippen LogP contribution in [0.4, 0.5) is 5.69 Å². The van der Waals surface area contributed by atoms with E-state index in [1.54, 1.807) is 12.3 Å². The number of carboxylic acids is 1. The van der Waals surface area contributed by atoms with Crippen molar-refractivity contribution in [2.45, 2.75) is 0 Å². The number of rotatable bonds is 4. The molecule has 7 nitrogen and oxygen atoms in total. The number of methoxy groups -OCH3 is 1. The highest BCUT2D eigenvalue weighted by Crippen LogP contribution is 2.17. The number of ether oxygens (including phenoxy) is 1. The fraction of sp³-hybridized carbons (Fsp3) is 0.462. The first-order valence-corrected chi connectivity index (χ1v) is 6.33. The van der Waals surface area contributed by atoms with Gasteiger partial charge in [0.1, 0.15) is 5.69 Å². The SMILES string of the molecule is COC(=O)c1cc(N2CCN(CC(=O)O)CC2)ccn1. The quantitative estimate of drug-likeness (QED) is 0.781. The molecule has 0 aromatic carbocycles. The maximum atomic E-state index is 11.4. The largest absolute Gasteiger partial charge is 0.480 e. The summed E-state index contributed by atoms with van der Waals surface area (Å²) < 4.78 is 4.65. The van der Waals surface area contributed by atoms with Gasteiger partial charge in [-0.15, -0.1) is 0 Å². The number of pyridine rings is 1. The van der Waals surface area contributed by atoms with Gasteiger partial charge in [0.05, 0.1) is 13.7 Å². The van der Waals surface area contributed by atoms with Crippen LogP contribution in [0.25, 0.3) is 0 Å². The predicted molar refractivity (Wildman–Crippen MR) is 71.9 cm³/mol. The third-order valence-electron chi connectivity index (χ3n) is 3.23. The first-order valence-electron chi connectivity index (χ1n) is 6.33. The average molecular weight is 279 g/mol. The van der Waals surface area contributed by atoms with E-state index in [0.29, 0.717) is 13.1 Å². The van der Waals surface area contributed by atoms with Gasteiger partial charge in [-0.05, 0) is 12.1 Å². The first-order chi connectivity index (χ1) is 9.60. The molecule has 1 aromatic heterocycles. The van der Waals surface area contributed by atoms with Gasteiger partial charge in [0.15, 0.2) is 0 Å². The van der Waals surface area contributed by atoms with Crippen LogP contribution in [-0.2, 0) is 9.53 Å². The smallest absolute Gasteiger partial charge is 0.356 e. The van der Waals surface area contributed by atoms with Crippen molar-refractivity contribution in [3.63, 3.8) is 0 Å². The number of aromatic nitrogens is 1. The van der Waals surface area contributed by atoms with Gasteiger partial charge in [-0.2, -0.15) is 0 Å². The molecule has 108 valence electrons. The molecule has 0 atom stereocenters. The van der Waals surface area contributed by atoms with Gasteiger partial charge in [-0.25, -0.2) is 9.78 Å². The van der Waals surface area contributed by atoms with E-state index in [1.807, 2.05) is 11.0 Å². The molecule has 0 unspecified atom stereocenters. The maximum absolute atomic E-state index is 11.4. The summed E-state index contributed by atoms with van der Waals surface area (Å²) >= 11 is 0. The van der Waals surface area contributed by atoms with Gasteiger partial charge in [-0.3, -0.25) is 9.69 Å². The molecule has 0 saturated carbocycles. The number of carbonyl (C=O) groups is 2. The molecule has 0 radical (unpaired) electrons. The molecule has 0 aliphatic carbocycles. The van der Waals surface area contributed by atoms with Crippen molar-refractivity contribution in [3.8, 4) is 0 Å². The standard InChI is InChI=1S/C13H17N3O4/c1-20-13(19)11-8-10(2-3-14-11)16-6-4-15(5-7-16)9-12(17)18/h2-3,8H,4-7,9H2,1H3,(H,17,18).